The van der Waals surface area contributed by atoms with Crippen LogP contribution in [-0.4, -0.2) is 86.5 Å². The van der Waals surface area contributed by atoms with E-state index in [1.165, 1.54) is 25.1 Å². The Morgan fingerprint density at radius 3 is 2.31 bits per heavy atom. The lowest BCUT2D eigenvalue weighted by atomic mass is 9.57. The Bertz CT molecular complexity index is 1300. The van der Waals surface area contributed by atoms with Crippen molar-refractivity contribution in [2.24, 2.45) is 17.6 Å². The number of amides is 1. The number of aliphatic hydroxyl groups is 3. The standard InChI is InChI=1S/C28H36FN3O7/c1-5-7-32(8-6-2)12-14-11-17(33)19-15(21(14)29)9-13-10-16-22(31(3)4)24(35)20(27(30)38)26(37)28(16,39)25(36)18(13)23(19)34/h11,13,16,22,33-34,37,39H,5-10,12H2,1-4H3,(H2,30,38)/t13-,16-,22-,28-/m0/s1. The van der Waals surface area contributed by atoms with Crippen LogP contribution in [0.2, 0.25) is 0 Å². The van der Waals surface area contributed by atoms with Crippen molar-refractivity contribution < 1.29 is 39.2 Å². The smallest absolute Gasteiger partial charge is 0.255 e. The summed E-state index contributed by atoms with van der Waals surface area (Å²) in [6.07, 6.45) is 1.56. The molecule has 212 valence electrons. The van der Waals surface area contributed by atoms with Gasteiger partial charge in [0.2, 0.25) is 5.78 Å². The first-order valence-corrected chi connectivity index (χ1v) is 13.2. The number of halogens is 1. The largest absolute Gasteiger partial charge is 0.508 e. The summed E-state index contributed by atoms with van der Waals surface area (Å²) < 4.78 is 15.9. The van der Waals surface area contributed by atoms with Crippen LogP contribution >= 0.6 is 0 Å². The van der Waals surface area contributed by atoms with Gasteiger partial charge in [0.1, 0.15) is 28.7 Å². The highest BCUT2D eigenvalue weighted by Gasteiger charge is 2.64. The predicted octanol–water partition coefficient (Wildman–Crippen LogP) is 1.73. The van der Waals surface area contributed by atoms with E-state index in [4.69, 9.17) is 5.73 Å². The fraction of sp³-hybridized carbons (Fsp3) is 0.536. The van der Waals surface area contributed by atoms with Gasteiger partial charge in [-0.15, -0.1) is 0 Å². The average Bonchev–Trinajstić information content (AvgIpc) is 2.84. The molecular formula is C28H36FN3O7. The van der Waals surface area contributed by atoms with Crippen molar-refractivity contribution in [1.29, 1.82) is 0 Å². The topological polar surface area (TPSA) is 165 Å². The molecule has 11 heteroatoms. The Balaban J connectivity index is 1.87. The van der Waals surface area contributed by atoms with Gasteiger partial charge in [-0.3, -0.25) is 24.2 Å². The summed E-state index contributed by atoms with van der Waals surface area (Å²) in [7, 11) is 3.05. The van der Waals surface area contributed by atoms with Gasteiger partial charge >= 0.3 is 0 Å². The second-order valence-corrected chi connectivity index (χ2v) is 11.0. The van der Waals surface area contributed by atoms with Crippen molar-refractivity contribution in [3.8, 4) is 5.75 Å². The summed E-state index contributed by atoms with van der Waals surface area (Å²) in [5, 5.41) is 44.6. The molecule has 6 N–H and O–H groups in total. The maximum Gasteiger partial charge on any atom is 0.255 e. The molecule has 0 saturated heterocycles. The molecule has 1 fully saturated rings. The van der Waals surface area contributed by atoms with E-state index in [0.29, 0.717) is 0 Å². The molecule has 4 atom stereocenters. The van der Waals surface area contributed by atoms with Crippen molar-refractivity contribution in [3.63, 3.8) is 0 Å². The number of nitrogens with zero attached hydrogens (tertiary/aromatic N) is 2. The number of hydrogen-bond acceptors (Lipinski definition) is 9. The lowest BCUT2D eigenvalue weighted by Gasteiger charge is -2.50. The number of hydrogen-bond donors (Lipinski definition) is 5. The number of phenolic OH excluding ortho intramolecular Hbond substituents is 1. The summed E-state index contributed by atoms with van der Waals surface area (Å²) >= 11 is 0. The molecule has 4 rings (SSSR count). The molecular weight excluding hydrogens is 509 g/mol. The molecule has 0 bridgehead atoms. The lowest BCUT2D eigenvalue weighted by molar-refractivity contribution is -0.153. The Labute approximate surface area is 226 Å². The number of nitrogens with two attached hydrogens (primary N) is 1. The Hall–Kier alpha value is -3.28. The first kappa shape index (κ1) is 28.7. The highest BCUT2D eigenvalue weighted by Crippen LogP contribution is 2.53. The van der Waals surface area contributed by atoms with E-state index >= 15 is 4.39 Å². The molecule has 1 amide bonds. The summed E-state index contributed by atoms with van der Waals surface area (Å²) in [6, 6.07) is 0.0434. The van der Waals surface area contributed by atoms with Gasteiger partial charge in [0, 0.05) is 29.2 Å². The number of benzene rings is 1. The van der Waals surface area contributed by atoms with Crippen molar-refractivity contribution in [3.05, 3.63) is 45.5 Å². The fourth-order valence-corrected chi connectivity index (χ4v) is 6.61. The monoisotopic (exact) mass is 545 g/mol. The normalized spacial score (nSPS) is 26.7. The number of fused-ring (bicyclic) bond motifs is 3. The zero-order valence-corrected chi connectivity index (χ0v) is 22.6. The second kappa shape index (κ2) is 10.4. The maximum absolute atomic E-state index is 15.9. The molecule has 0 radical (unpaired) electrons. The van der Waals surface area contributed by atoms with Crippen LogP contribution in [0.5, 0.6) is 5.75 Å². The Kier molecular flexibility index (Phi) is 7.63. The minimum atomic E-state index is -2.72. The first-order chi connectivity index (χ1) is 18.3. The number of ketones is 2. The van der Waals surface area contributed by atoms with Gasteiger partial charge in [0.05, 0.1) is 11.6 Å². The molecule has 0 aliphatic heterocycles. The summed E-state index contributed by atoms with van der Waals surface area (Å²) in [6.45, 7) is 5.77. The van der Waals surface area contributed by atoms with Crippen molar-refractivity contribution in [2.45, 2.75) is 57.7 Å². The van der Waals surface area contributed by atoms with Gasteiger partial charge < -0.3 is 26.2 Å². The van der Waals surface area contributed by atoms with E-state index in [0.717, 1.165) is 25.9 Å². The van der Waals surface area contributed by atoms with E-state index < -0.39 is 69.6 Å². The summed E-state index contributed by atoms with van der Waals surface area (Å²) in [5.41, 5.74) is 1.48. The molecule has 0 spiro atoms. The van der Waals surface area contributed by atoms with Gasteiger partial charge in [-0.1, -0.05) is 13.8 Å². The zero-order valence-electron chi connectivity index (χ0n) is 22.6. The Morgan fingerprint density at radius 1 is 1.15 bits per heavy atom. The minimum absolute atomic E-state index is 0.0450. The predicted molar refractivity (Wildman–Crippen MR) is 140 cm³/mol. The minimum Gasteiger partial charge on any atom is -0.508 e. The SMILES string of the molecule is CCCN(CCC)Cc1cc(O)c2c(c1F)C[C@H]1C[C@H]3[C@H](N(C)C)C(=O)C(C(N)=O)=C(O)[C@@]3(O)C(=O)C1=C2O. The van der Waals surface area contributed by atoms with Crippen molar-refractivity contribution in [2.75, 3.05) is 27.2 Å². The molecule has 10 nitrogen and oxygen atoms in total. The van der Waals surface area contributed by atoms with E-state index in [1.54, 1.807) is 0 Å². The highest BCUT2D eigenvalue weighted by molar-refractivity contribution is 6.24. The number of primary amides is 1. The second-order valence-electron chi connectivity index (χ2n) is 11.0. The molecule has 0 aromatic heterocycles. The molecule has 3 aliphatic carbocycles. The zero-order chi connectivity index (χ0) is 29.0. The van der Waals surface area contributed by atoms with Gasteiger partial charge in [-0.25, -0.2) is 4.39 Å². The number of rotatable bonds is 8. The van der Waals surface area contributed by atoms with E-state index in [9.17, 15) is 34.8 Å². The van der Waals surface area contributed by atoms with Gasteiger partial charge in [-0.05, 0) is 64.9 Å². The van der Waals surface area contributed by atoms with Crippen LogP contribution in [0.15, 0.2) is 23.0 Å². The van der Waals surface area contributed by atoms with Crippen LogP contribution in [-0.2, 0) is 27.3 Å². The third kappa shape index (κ3) is 4.32. The maximum atomic E-state index is 15.9. The van der Waals surface area contributed by atoms with Crippen LogP contribution in [0.1, 0.15) is 49.8 Å². The average molecular weight is 546 g/mol. The van der Waals surface area contributed by atoms with Crippen LogP contribution in [0.3, 0.4) is 0 Å². The van der Waals surface area contributed by atoms with Crippen molar-refractivity contribution >= 4 is 23.2 Å². The highest BCUT2D eigenvalue weighted by atomic mass is 19.1. The van der Waals surface area contributed by atoms with E-state index in [2.05, 4.69) is 4.90 Å². The van der Waals surface area contributed by atoms with Gasteiger partial charge in [0.25, 0.3) is 5.91 Å². The van der Waals surface area contributed by atoms with Crippen LogP contribution < -0.4 is 5.73 Å². The molecule has 1 aromatic carbocycles. The number of phenols is 1. The van der Waals surface area contributed by atoms with Crippen molar-refractivity contribution in [1.82, 2.24) is 9.80 Å². The van der Waals surface area contributed by atoms with Crippen LogP contribution in [0.25, 0.3) is 5.76 Å². The number of aliphatic hydroxyl groups excluding tert-OH is 2. The lowest BCUT2D eigenvalue weighted by Crippen LogP contribution is -2.65. The molecule has 0 unspecified atom stereocenters. The van der Waals surface area contributed by atoms with Crippen LogP contribution in [0, 0.1) is 17.7 Å². The van der Waals surface area contributed by atoms with Crippen LogP contribution in [0.4, 0.5) is 4.39 Å². The number of carbonyl (C=O) groups excluding carboxylic acids is 3. The van der Waals surface area contributed by atoms with Gasteiger partial charge in [0.15, 0.2) is 11.4 Å². The third-order valence-electron chi connectivity index (χ3n) is 8.20. The summed E-state index contributed by atoms with van der Waals surface area (Å²) in [4.78, 5) is 42.5. The Morgan fingerprint density at radius 2 is 1.77 bits per heavy atom. The fourth-order valence-electron chi connectivity index (χ4n) is 6.61. The molecule has 1 aromatic rings. The molecule has 0 heterocycles. The molecule has 3 aliphatic rings. The number of aromatic hydroxyl groups is 1. The van der Waals surface area contributed by atoms with E-state index in [1.807, 2.05) is 13.8 Å². The molecule has 1 saturated carbocycles. The quantitative estimate of drug-likeness (QED) is 0.306. The number of likely N-dealkylation sites (N-methyl/N-ethyl adjacent to an activating group) is 1. The number of Topliss-reactive ketones (excluding diaryl/α,β-unsaturated/α-hetero) is 2. The summed E-state index contributed by atoms with van der Waals surface area (Å²) in [5.74, 6) is -8.15. The first-order valence-electron chi connectivity index (χ1n) is 13.2. The third-order valence-corrected chi connectivity index (χ3v) is 8.20. The number of carbonyl (C=O) groups is 3. The van der Waals surface area contributed by atoms with E-state index in [-0.39, 0.29) is 41.6 Å². The van der Waals surface area contributed by atoms with Gasteiger partial charge in [-0.2, -0.15) is 0 Å². The molecule has 39 heavy (non-hydrogen) atoms.